The van der Waals surface area contributed by atoms with E-state index in [4.69, 9.17) is 0 Å². The van der Waals surface area contributed by atoms with Crippen LogP contribution in [0, 0.1) is 3.57 Å². The van der Waals surface area contributed by atoms with E-state index in [2.05, 4.69) is 43.8 Å². The second-order valence-electron chi connectivity index (χ2n) is 3.78. The van der Waals surface area contributed by atoms with Crippen LogP contribution in [-0.2, 0) is 4.79 Å². The van der Waals surface area contributed by atoms with Crippen molar-refractivity contribution >= 4 is 61.9 Å². The molecule has 0 atom stereocenters. The molecule has 0 radical (unpaired) electrons. The molecule has 2 aromatic carbocycles. The summed E-state index contributed by atoms with van der Waals surface area (Å²) >= 11 is 7.19. The van der Waals surface area contributed by atoms with Gasteiger partial charge in [0.15, 0.2) is 0 Å². The minimum absolute atomic E-state index is 0.00646. The molecule has 0 aromatic heterocycles. The molecule has 98 valence electrons. The lowest BCUT2D eigenvalue weighted by Gasteiger charge is -2.06. The van der Waals surface area contributed by atoms with Crippen LogP contribution >= 0.6 is 50.3 Å². The van der Waals surface area contributed by atoms with E-state index in [1.54, 1.807) is 0 Å². The number of hydrogen-bond acceptors (Lipinski definition) is 2. The predicted octanol–water partition coefficient (Wildman–Crippen LogP) is 4.78. The van der Waals surface area contributed by atoms with Gasteiger partial charge in [0, 0.05) is 18.6 Å². The maximum atomic E-state index is 11.8. The number of carbonyl (C=O) groups excluding carboxylic acids is 1. The normalized spacial score (nSPS) is 10.2. The Morgan fingerprint density at radius 3 is 2.63 bits per heavy atom. The van der Waals surface area contributed by atoms with Crippen molar-refractivity contribution in [2.75, 3.05) is 11.1 Å². The zero-order chi connectivity index (χ0) is 13.7. The first-order valence-corrected chi connectivity index (χ1v) is 8.43. The molecule has 5 heteroatoms. The van der Waals surface area contributed by atoms with Crippen LogP contribution < -0.4 is 5.32 Å². The molecule has 2 rings (SSSR count). The summed E-state index contributed by atoms with van der Waals surface area (Å²) in [5, 5.41) is 2.89. The number of nitrogens with one attached hydrogen (secondary N) is 1. The Labute approximate surface area is 138 Å². The maximum absolute atomic E-state index is 11.8. The Morgan fingerprint density at radius 2 is 1.95 bits per heavy atom. The van der Waals surface area contributed by atoms with Crippen LogP contribution in [0.2, 0.25) is 0 Å². The summed E-state index contributed by atoms with van der Waals surface area (Å²) in [6, 6.07) is 15.7. The summed E-state index contributed by atoms with van der Waals surface area (Å²) in [4.78, 5) is 12.9. The highest BCUT2D eigenvalue weighted by Crippen LogP contribution is 2.23. The van der Waals surface area contributed by atoms with E-state index < -0.39 is 0 Å². The number of benzene rings is 2. The van der Waals surface area contributed by atoms with E-state index in [0.29, 0.717) is 5.75 Å². The SMILES string of the molecule is O=C(CSc1ccccc1)Nc1ccc(Br)c(I)c1. The fourth-order valence-electron chi connectivity index (χ4n) is 1.44. The van der Waals surface area contributed by atoms with Gasteiger partial charge in [0.05, 0.1) is 5.75 Å². The first-order chi connectivity index (χ1) is 9.15. The standard InChI is InChI=1S/C14H11BrINOS/c15-12-7-6-10(8-13(12)16)17-14(18)9-19-11-4-2-1-3-5-11/h1-8H,9H2,(H,17,18). The van der Waals surface area contributed by atoms with Gasteiger partial charge in [0.1, 0.15) is 0 Å². The number of carbonyl (C=O) groups is 1. The van der Waals surface area contributed by atoms with Crippen LogP contribution in [0.4, 0.5) is 5.69 Å². The number of anilines is 1. The molecule has 2 nitrogen and oxygen atoms in total. The van der Waals surface area contributed by atoms with Crippen LogP contribution in [0.25, 0.3) is 0 Å². The van der Waals surface area contributed by atoms with Crippen molar-refractivity contribution in [3.8, 4) is 0 Å². The Kier molecular flexibility index (Phi) is 5.72. The third kappa shape index (κ3) is 4.81. The third-order valence-electron chi connectivity index (χ3n) is 2.32. The number of hydrogen-bond donors (Lipinski definition) is 1. The van der Waals surface area contributed by atoms with E-state index in [0.717, 1.165) is 18.6 Å². The first kappa shape index (κ1) is 14.9. The lowest BCUT2D eigenvalue weighted by molar-refractivity contribution is -0.113. The lowest BCUT2D eigenvalue weighted by Crippen LogP contribution is -2.14. The number of thioether (sulfide) groups is 1. The van der Waals surface area contributed by atoms with Crippen LogP contribution in [0.15, 0.2) is 57.9 Å². The summed E-state index contributed by atoms with van der Waals surface area (Å²) in [6.45, 7) is 0. The van der Waals surface area contributed by atoms with Gasteiger partial charge >= 0.3 is 0 Å². The van der Waals surface area contributed by atoms with Crippen molar-refractivity contribution < 1.29 is 4.79 Å². The third-order valence-corrected chi connectivity index (χ3v) is 5.65. The summed E-state index contributed by atoms with van der Waals surface area (Å²) in [6.07, 6.45) is 0. The van der Waals surface area contributed by atoms with Crippen LogP contribution in [0.5, 0.6) is 0 Å². The van der Waals surface area contributed by atoms with Gasteiger partial charge in [0.2, 0.25) is 5.91 Å². The van der Waals surface area contributed by atoms with E-state index in [1.807, 2.05) is 48.5 Å². The molecule has 2 aromatic rings. The van der Waals surface area contributed by atoms with E-state index >= 15 is 0 Å². The molecular formula is C14H11BrINOS. The number of halogens is 2. The summed E-state index contributed by atoms with van der Waals surface area (Å²) < 4.78 is 2.11. The highest BCUT2D eigenvalue weighted by molar-refractivity contribution is 14.1. The molecule has 19 heavy (non-hydrogen) atoms. The van der Waals surface area contributed by atoms with E-state index in [9.17, 15) is 4.79 Å². The van der Waals surface area contributed by atoms with E-state index in [1.165, 1.54) is 11.8 Å². The van der Waals surface area contributed by atoms with Gasteiger partial charge in [-0.05, 0) is 68.9 Å². The quantitative estimate of drug-likeness (QED) is 0.539. The second kappa shape index (κ2) is 7.31. The van der Waals surface area contributed by atoms with Gasteiger partial charge in [-0.15, -0.1) is 11.8 Å². The monoisotopic (exact) mass is 447 g/mol. The molecule has 1 N–H and O–H groups in total. The Bertz CT molecular complexity index is 577. The second-order valence-corrected chi connectivity index (χ2v) is 6.84. The van der Waals surface area contributed by atoms with Gasteiger partial charge in [-0.3, -0.25) is 4.79 Å². The summed E-state index contributed by atoms with van der Waals surface area (Å²) in [5.74, 6) is 0.420. The zero-order valence-corrected chi connectivity index (χ0v) is 14.5. The van der Waals surface area contributed by atoms with Crippen molar-refractivity contribution in [1.82, 2.24) is 0 Å². The Hall–Kier alpha value is -0.530. The fraction of sp³-hybridized carbons (Fsp3) is 0.0714. The summed E-state index contributed by atoms with van der Waals surface area (Å²) in [7, 11) is 0. The van der Waals surface area contributed by atoms with Gasteiger partial charge in [-0.1, -0.05) is 18.2 Å². The molecule has 0 heterocycles. The molecule has 0 saturated heterocycles. The largest absolute Gasteiger partial charge is 0.325 e. The highest BCUT2D eigenvalue weighted by Gasteiger charge is 2.05. The molecule has 0 saturated carbocycles. The van der Waals surface area contributed by atoms with Gasteiger partial charge < -0.3 is 5.32 Å². The average molecular weight is 448 g/mol. The predicted molar refractivity (Wildman–Crippen MR) is 92.7 cm³/mol. The van der Waals surface area contributed by atoms with Crippen molar-refractivity contribution in [2.45, 2.75) is 4.90 Å². The smallest absolute Gasteiger partial charge is 0.234 e. The Balaban J connectivity index is 1.89. The molecular weight excluding hydrogens is 437 g/mol. The zero-order valence-electron chi connectivity index (χ0n) is 9.90. The fourth-order valence-corrected chi connectivity index (χ4v) is 2.92. The molecule has 0 aliphatic heterocycles. The van der Waals surface area contributed by atoms with Crippen molar-refractivity contribution in [3.05, 3.63) is 56.6 Å². The maximum Gasteiger partial charge on any atom is 0.234 e. The van der Waals surface area contributed by atoms with Gasteiger partial charge in [-0.25, -0.2) is 0 Å². The van der Waals surface area contributed by atoms with Gasteiger partial charge in [-0.2, -0.15) is 0 Å². The average Bonchev–Trinajstić information content (AvgIpc) is 2.42. The molecule has 0 spiro atoms. The lowest BCUT2D eigenvalue weighted by atomic mass is 10.3. The van der Waals surface area contributed by atoms with Crippen LogP contribution in [0.1, 0.15) is 0 Å². The van der Waals surface area contributed by atoms with Gasteiger partial charge in [0.25, 0.3) is 0 Å². The summed E-state index contributed by atoms with van der Waals surface area (Å²) in [5.41, 5.74) is 0.825. The minimum atomic E-state index is 0.00646. The van der Waals surface area contributed by atoms with Crippen molar-refractivity contribution in [3.63, 3.8) is 0 Å². The van der Waals surface area contributed by atoms with Crippen molar-refractivity contribution in [1.29, 1.82) is 0 Å². The Morgan fingerprint density at radius 1 is 1.21 bits per heavy atom. The highest BCUT2D eigenvalue weighted by atomic mass is 127. The molecule has 1 amide bonds. The van der Waals surface area contributed by atoms with Crippen molar-refractivity contribution in [2.24, 2.45) is 0 Å². The van der Waals surface area contributed by atoms with Crippen LogP contribution in [-0.4, -0.2) is 11.7 Å². The van der Waals surface area contributed by atoms with E-state index in [-0.39, 0.29) is 5.91 Å². The molecule has 0 unspecified atom stereocenters. The molecule has 0 aliphatic rings. The first-order valence-electron chi connectivity index (χ1n) is 5.58. The number of rotatable bonds is 4. The molecule has 0 aliphatic carbocycles. The molecule has 0 bridgehead atoms. The topological polar surface area (TPSA) is 29.1 Å². The molecule has 0 fully saturated rings. The minimum Gasteiger partial charge on any atom is -0.325 e. The van der Waals surface area contributed by atoms with Crippen LogP contribution in [0.3, 0.4) is 0 Å². The number of amides is 1.